The van der Waals surface area contributed by atoms with Crippen molar-refractivity contribution in [2.24, 2.45) is 11.1 Å². The van der Waals surface area contributed by atoms with E-state index in [1.165, 1.54) is 6.42 Å². The van der Waals surface area contributed by atoms with Gasteiger partial charge in [-0.25, -0.2) is 0 Å². The van der Waals surface area contributed by atoms with E-state index in [9.17, 15) is 0 Å². The van der Waals surface area contributed by atoms with E-state index in [2.05, 4.69) is 13.8 Å². The first kappa shape index (κ1) is 13.2. The SMILES string of the molecule is COc1ccc(OC2CC(C)(C)CCC2N)cc1. The molecule has 1 aliphatic rings. The molecule has 2 N–H and O–H groups in total. The smallest absolute Gasteiger partial charge is 0.120 e. The normalized spacial score (nSPS) is 26.7. The van der Waals surface area contributed by atoms with Crippen molar-refractivity contribution in [1.29, 1.82) is 0 Å². The highest BCUT2D eigenvalue weighted by Gasteiger charge is 2.34. The summed E-state index contributed by atoms with van der Waals surface area (Å²) >= 11 is 0. The van der Waals surface area contributed by atoms with Gasteiger partial charge in [-0.3, -0.25) is 0 Å². The van der Waals surface area contributed by atoms with Crippen molar-refractivity contribution in [3.8, 4) is 11.5 Å². The molecular formula is C15H23NO2. The van der Waals surface area contributed by atoms with Gasteiger partial charge in [-0.05, 0) is 48.9 Å². The third kappa shape index (κ3) is 3.16. The number of nitrogens with two attached hydrogens (primary N) is 1. The van der Waals surface area contributed by atoms with Crippen LogP contribution >= 0.6 is 0 Å². The van der Waals surface area contributed by atoms with E-state index in [1.54, 1.807) is 7.11 Å². The molecule has 0 saturated heterocycles. The zero-order valence-electron chi connectivity index (χ0n) is 11.5. The first-order chi connectivity index (χ1) is 8.50. The van der Waals surface area contributed by atoms with Gasteiger partial charge in [0, 0.05) is 6.04 Å². The highest BCUT2D eigenvalue weighted by atomic mass is 16.5. The fourth-order valence-electron chi connectivity index (χ4n) is 2.50. The van der Waals surface area contributed by atoms with Crippen LogP contribution in [0.5, 0.6) is 11.5 Å². The maximum atomic E-state index is 6.15. The molecule has 2 rings (SSSR count). The second-order valence-corrected chi connectivity index (χ2v) is 5.90. The Balaban J connectivity index is 2.02. The minimum absolute atomic E-state index is 0.113. The Morgan fingerprint density at radius 1 is 1.17 bits per heavy atom. The standard InChI is InChI=1S/C15H23NO2/c1-15(2)9-8-13(16)14(10-15)18-12-6-4-11(17-3)5-7-12/h4-7,13-14H,8-10,16H2,1-3H3. The van der Waals surface area contributed by atoms with Gasteiger partial charge < -0.3 is 15.2 Å². The Morgan fingerprint density at radius 3 is 2.39 bits per heavy atom. The average molecular weight is 249 g/mol. The minimum atomic E-state index is 0.113. The van der Waals surface area contributed by atoms with E-state index in [-0.39, 0.29) is 12.1 Å². The van der Waals surface area contributed by atoms with Crippen LogP contribution in [0, 0.1) is 5.41 Å². The molecule has 1 fully saturated rings. The summed E-state index contributed by atoms with van der Waals surface area (Å²) in [5.41, 5.74) is 6.48. The highest BCUT2D eigenvalue weighted by Crippen LogP contribution is 2.36. The predicted molar refractivity (Wildman–Crippen MR) is 73.0 cm³/mol. The summed E-state index contributed by atoms with van der Waals surface area (Å²) in [7, 11) is 1.66. The van der Waals surface area contributed by atoms with Crippen molar-refractivity contribution in [2.45, 2.75) is 45.3 Å². The first-order valence-electron chi connectivity index (χ1n) is 6.56. The summed E-state index contributed by atoms with van der Waals surface area (Å²) in [6.07, 6.45) is 3.34. The Labute approximate surface area is 109 Å². The summed E-state index contributed by atoms with van der Waals surface area (Å²) < 4.78 is 11.2. The molecule has 1 saturated carbocycles. The third-order valence-corrected chi connectivity index (χ3v) is 3.73. The van der Waals surface area contributed by atoms with Crippen molar-refractivity contribution in [3.63, 3.8) is 0 Å². The quantitative estimate of drug-likeness (QED) is 0.895. The van der Waals surface area contributed by atoms with Crippen molar-refractivity contribution in [3.05, 3.63) is 24.3 Å². The van der Waals surface area contributed by atoms with Crippen LogP contribution in [0.1, 0.15) is 33.1 Å². The molecule has 0 spiro atoms. The van der Waals surface area contributed by atoms with Crippen LogP contribution in [0.3, 0.4) is 0 Å². The summed E-state index contributed by atoms with van der Waals surface area (Å²) in [6.45, 7) is 4.56. The lowest BCUT2D eigenvalue weighted by molar-refractivity contribution is 0.0669. The summed E-state index contributed by atoms with van der Waals surface area (Å²) in [6, 6.07) is 7.84. The van der Waals surface area contributed by atoms with E-state index >= 15 is 0 Å². The Hall–Kier alpha value is -1.22. The van der Waals surface area contributed by atoms with Gasteiger partial charge in [0.1, 0.15) is 17.6 Å². The van der Waals surface area contributed by atoms with E-state index in [0.717, 1.165) is 24.3 Å². The molecule has 0 aromatic heterocycles. The van der Waals surface area contributed by atoms with Crippen molar-refractivity contribution >= 4 is 0 Å². The Bertz CT molecular complexity index is 386. The van der Waals surface area contributed by atoms with Crippen LogP contribution in [0.15, 0.2) is 24.3 Å². The van der Waals surface area contributed by atoms with Gasteiger partial charge in [-0.2, -0.15) is 0 Å². The molecular weight excluding hydrogens is 226 g/mol. The van der Waals surface area contributed by atoms with Crippen molar-refractivity contribution in [1.82, 2.24) is 0 Å². The molecule has 2 unspecified atom stereocenters. The third-order valence-electron chi connectivity index (χ3n) is 3.73. The minimum Gasteiger partial charge on any atom is -0.497 e. The van der Waals surface area contributed by atoms with Crippen molar-refractivity contribution in [2.75, 3.05) is 7.11 Å². The lowest BCUT2D eigenvalue weighted by atomic mass is 9.74. The second kappa shape index (κ2) is 5.19. The molecule has 100 valence electrons. The van der Waals surface area contributed by atoms with Gasteiger partial charge >= 0.3 is 0 Å². The van der Waals surface area contributed by atoms with Crippen LogP contribution in [0.4, 0.5) is 0 Å². The van der Waals surface area contributed by atoms with Crippen LogP contribution in [-0.2, 0) is 0 Å². The van der Waals surface area contributed by atoms with Gasteiger partial charge in [0.2, 0.25) is 0 Å². The molecule has 0 aliphatic heterocycles. The molecule has 1 aliphatic carbocycles. The topological polar surface area (TPSA) is 44.5 Å². The Morgan fingerprint density at radius 2 is 1.78 bits per heavy atom. The van der Waals surface area contributed by atoms with Crippen LogP contribution in [-0.4, -0.2) is 19.3 Å². The number of methoxy groups -OCH3 is 1. The molecule has 0 radical (unpaired) electrons. The van der Waals surface area contributed by atoms with Crippen LogP contribution in [0.2, 0.25) is 0 Å². The van der Waals surface area contributed by atoms with Crippen molar-refractivity contribution < 1.29 is 9.47 Å². The monoisotopic (exact) mass is 249 g/mol. The molecule has 1 aromatic carbocycles. The van der Waals surface area contributed by atoms with Gasteiger partial charge in [-0.1, -0.05) is 13.8 Å². The first-order valence-corrected chi connectivity index (χ1v) is 6.56. The van der Waals surface area contributed by atoms with Crippen LogP contribution in [0.25, 0.3) is 0 Å². The zero-order valence-corrected chi connectivity index (χ0v) is 11.5. The second-order valence-electron chi connectivity index (χ2n) is 5.90. The Kier molecular flexibility index (Phi) is 3.81. The average Bonchev–Trinajstić information content (AvgIpc) is 2.35. The lowest BCUT2D eigenvalue weighted by Crippen LogP contribution is -2.46. The number of rotatable bonds is 3. The van der Waals surface area contributed by atoms with Crippen LogP contribution < -0.4 is 15.2 Å². The van der Waals surface area contributed by atoms with Gasteiger partial charge in [0.25, 0.3) is 0 Å². The van der Waals surface area contributed by atoms with Gasteiger partial charge in [-0.15, -0.1) is 0 Å². The number of benzene rings is 1. The zero-order chi connectivity index (χ0) is 13.2. The molecule has 1 aromatic rings. The largest absolute Gasteiger partial charge is 0.497 e. The lowest BCUT2D eigenvalue weighted by Gasteiger charge is -2.39. The molecule has 3 heteroatoms. The summed E-state index contributed by atoms with van der Waals surface area (Å²) in [4.78, 5) is 0. The summed E-state index contributed by atoms with van der Waals surface area (Å²) in [5, 5.41) is 0. The highest BCUT2D eigenvalue weighted by molar-refractivity contribution is 5.31. The van der Waals surface area contributed by atoms with E-state index in [0.29, 0.717) is 5.41 Å². The molecule has 18 heavy (non-hydrogen) atoms. The van der Waals surface area contributed by atoms with E-state index in [1.807, 2.05) is 24.3 Å². The molecule has 0 bridgehead atoms. The molecule has 0 heterocycles. The fourth-order valence-corrected chi connectivity index (χ4v) is 2.50. The molecule has 0 amide bonds. The van der Waals surface area contributed by atoms with E-state index in [4.69, 9.17) is 15.2 Å². The van der Waals surface area contributed by atoms with E-state index < -0.39 is 0 Å². The number of ether oxygens (including phenoxy) is 2. The van der Waals surface area contributed by atoms with Gasteiger partial charge in [0.15, 0.2) is 0 Å². The fraction of sp³-hybridized carbons (Fsp3) is 0.600. The molecule has 2 atom stereocenters. The number of hydrogen-bond donors (Lipinski definition) is 1. The maximum absolute atomic E-state index is 6.15. The summed E-state index contributed by atoms with van der Waals surface area (Å²) in [5.74, 6) is 1.71. The predicted octanol–water partition coefficient (Wildman–Crippen LogP) is 2.98. The molecule has 3 nitrogen and oxygen atoms in total. The maximum Gasteiger partial charge on any atom is 0.120 e. The van der Waals surface area contributed by atoms with Gasteiger partial charge in [0.05, 0.1) is 7.11 Å². The number of hydrogen-bond acceptors (Lipinski definition) is 3.